The van der Waals surface area contributed by atoms with Gasteiger partial charge < -0.3 is 4.98 Å². The number of nitrogens with one attached hydrogen (secondary N) is 2. The second-order valence-electron chi connectivity index (χ2n) is 9.84. The molecule has 0 spiro atoms. The maximum Gasteiger partial charge on any atom is 0.265 e. The highest BCUT2D eigenvalue weighted by Crippen LogP contribution is 2.50. The van der Waals surface area contributed by atoms with Crippen molar-refractivity contribution in [2.45, 2.75) is 53.4 Å². The molecule has 6 heteroatoms. The Morgan fingerprint density at radius 1 is 1.27 bits per heavy atom. The Bertz CT molecular complexity index is 1160. The summed E-state index contributed by atoms with van der Waals surface area (Å²) in [5.74, 6) is 2.15. The molecule has 0 bridgehead atoms. The van der Waals surface area contributed by atoms with Gasteiger partial charge in [-0.15, -0.1) is 10.2 Å². The van der Waals surface area contributed by atoms with E-state index < -0.39 is 0 Å². The van der Waals surface area contributed by atoms with Crippen molar-refractivity contribution in [1.82, 2.24) is 20.2 Å². The van der Waals surface area contributed by atoms with Crippen LogP contribution >= 0.6 is 0 Å². The third kappa shape index (κ3) is 3.38. The van der Waals surface area contributed by atoms with Crippen LogP contribution in [0.15, 0.2) is 34.9 Å². The fourth-order valence-electron chi connectivity index (χ4n) is 5.30. The molecule has 2 aliphatic carbocycles. The second-order valence-corrected chi connectivity index (χ2v) is 9.84. The minimum Gasteiger partial charge on any atom is -0.338 e. The van der Waals surface area contributed by atoms with Crippen molar-refractivity contribution < 1.29 is 0 Å². The molecule has 0 aliphatic heterocycles. The number of benzene rings is 1. The van der Waals surface area contributed by atoms with Crippen LogP contribution in [-0.2, 0) is 0 Å². The van der Waals surface area contributed by atoms with Crippen molar-refractivity contribution >= 4 is 34.2 Å². The molecular formula is C24H30N6. The molecule has 0 amide bonds. The summed E-state index contributed by atoms with van der Waals surface area (Å²) in [6.07, 6.45) is 9.42. The molecule has 1 fully saturated rings. The van der Waals surface area contributed by atoms with E-state index in [1.165, 1.54) is 31.2 Å². The van der Waals surface area contributed by atoms with Gasteiger partial charge in [0.2, 0.25) is 0 Å². The fraction of sp³-hybridized carbons (Fsp3) is 0.500. The predicted molar refractivity (Wildman–Crippen MR) is 123 cm³/mol. The topological polar surface area (TPSA) is 78.9 Å². The van der Waals surface area contributed by atoms with Gasteiger partial charge >= 0.3 is 0 Å². The third-order valence-electron chi connectivity index (χ3n) is 7.18. The van der Waals surface area contributed by atoms with Crippen LogP contribution in [0.3, 0.4) is 0 Å². The minimum atomic E-state index is 0.385. The van der Waals surface area contributed by atoms with Gasteiger partial charge in [0, 0.05) is 17.1 Å². The van der Waals surface area contributed by atoms with Gasteiger partial charge in [0.1, 0.15) is 5.52 Å². The Morgan fingerprint density at radius 3 is 3.00 bits per heavy atom. The lowest BCUT2D eigenvalue weighted by Gasteiger charge is -2.46. The van der Waals surface area contributed by atoms with Crippen LogP contribution in [0.1, 0.15) is 52.0 Å². The van der Waals surface area contributed by atoms with Crippen LogP contribution in [0, 0.1) is 30.1 Å². The van der Waals surface area contributed by atoms with Gasteiger partial charge in [-0.1, -0.05) is 44.1 Å². The van der Waals surface area contributed by atoms with Crippen molar-refractivity contribution in [3.05, 3.63) is 35.4 Å². The van der Waals surface area contributed by atoms with E-state index in [-0.39, 0.29) is 0 Å². The van der Waals surface area contributed by atoms with E-state index >= 15 is 0 Å². The molecule has 1 saturated carbocycles. The van der Waals surface area contributed by atoms with Gasteiger partial charge in [-0.25, -0.2) is 5.43 Å². The molecule has 6 nitrogen and oxygen atoms in total. The Hall–Kier alpha value is -2.76. The molecule has 2 heterocycles. The third-order valence-corrected chi connectivity index (χ3v) is 7.18. The van der Waals surface area contributed by atoms with Crippen LogP contribution in [0.4, 0.5) is 5.95 Å². The molecule has 3 atom stereocenters. The summed E-state index contributed by atoms with van der Waals surface area (Å²) in [6.45, 7) is 9.25. The number of fused-ring (bicyclic) bond motifs is 4. The Labute approximate surface area is 177 Å². The summed E-state index contributed by atoms with van der Waals surface area (Å²) < 4.78 is 0. The van der Waals surface area contributed by atoms with E-state index in [4.69, 9.17) is 0 Å². The number of hydrogen-bond acceptors (Lipinski definition) is 5. The smallest absolute Gasteiger partial charge is 0.265 e. The van der Waals surface area contributed by atoms with E-state index in [9.17, 15) is 0 Å². The van der Waals surface area contributed by atoms with Crippen LogP contribution in [-0.4, -0.2) is 26.4 Å². The van der Waals surface area contributed by atoms with E-state index in [1.807, 2.05) is 0 Å². The number of allylic oxidation sites excluding steroid dienone is 2. The number of aromatic nitrogens is 4. The van der Waals surface area contributed by atoms with Crippen LogP contribution < -0.4 is 5.43 Å². The lowest BCUT2D eigenvalue weighted by Crippen LogP contribution is -2.36. The van der Waals surface area contributed by atoms with Gasteiger partial charge in [-0.2, -0.15) is 10.1 Å². The van der Waals surface area contributed by atoms with Crippen molar-refractivity contribution in [1.29, 1.82) is 0 Å². The van der Waals surface area contributed by atoms with Gasteiger partial charge in [-0.05, 0) is 67.9 Å². The van der Waals surface area contributed by atoms with Gasteiger partial charge in [0.05, 0.1) is 0 Å². The molecule has 3 aromatic rings. The largest absolute Gasteiger partial charge is 0.338 e. The molecule has 5 rings (SSSR count). The number of anilines is 1. The number of hydrazone groups is 1. The average molecular weight is 403 g/mol. The molecular weight excluding hydrogens is 372 g/mol. The van der Waals surface area contributed by atoms with Crippen molar-refractivity contribution in [2.75, 3.05) is 5.43 Å². The van der Waals surface area contributed by atoms with Crippen LogP contribution in [0.2, 0.25) is 0 Å². The molecule has 0 unspecified atom stereocenters. The molecule has 156 valence electrons. The first-order valence-corrected chi connectivity index (χ1v) is 11.0. The summed E-state index contributed by atoms with van der Waals surface area (Å²) in [4.78, 5) is 7.89. The number of rotatable bonds is 3. The van der Waals surface area contributed by atoms with Gasteiger partial charge in [0.15, 0.2) is 5.65 Å². The summed E-state index contributed by atoms with van der Waals surface area (Å²) in [6, 6.07) is 6.24. The number of aryl methyl sites for hydroxylation is 1. The predicted octanol–water partition coefficient (Wildman–Crippen LogP) is 5.62. The van der Waals surface area contributed by atoms with E-state index in [0.29, 0.717) is 29.1 Å². The minimum absolute atomic E-state index is 0.385. The van der Waals surface area contributed by atoms with E-state index in [1.54, 1.807) is 5.57 Å². The lowest BCUT2D eigenvalue weighted by atomic mass is 9.59. The first kappa shape index (κ1) is 19.2. The normalized spacial score (nSPS) is 26.1. The van der Waals surface area contributed by atoms with E-state index in [0.717, 1.165) is 22.1 Å². The highest BCUT2D eigenvalue weighted by atomic mass is 15.4. The number of nitrogens with zero attached hydrogens (tertiary/aromatic N) is 4. The standard InChI is InChI=1S/C24H30N6/c1-14-7-8-20-18(10-14)21-22(26-20)27-23(30-28-21)29-25-13-17-12-19-16(11-15(17)2)6-5-9-24(19,3)4/h6-8,10,13,15,17,19H,5,9,11-12H2,1-4H3,(H2,26,27,29,30)/b25-13-/t15-,17-,19-/m0/s1. The zero-order chi connectivity index (χ0) is 20.9. The Kier molecular flexibility index (Phi) is 4.60. The van der Waals surface area contributed by atoms with Crippen molar-refractivity contribution in [3.63, 3.8) is 0 Å². The number of H-pyrrole nitrogens is 1. The summed E-state index contributed by atoms with van der Waals surface area (Å²) in [5.41, 5.74) is 8.80. The molecule has 2 N–H and O–H groups in total. The zero-order valence-corrected chi connectivity index (χ0v) is 18.2. The first-order valence-electron chi connectivity index (χ1n) is 11.0. The Balaban J connectivity index is 1.33. The monoisotopic (exact) mass is 402 g/mol. The maximum absolute atomic E-state index is 4.57. The SMILES string of the molecule is Cc1ccc2[nH]c3nc(N/N=C\[C@@H]4C[C@H]5C(=CCCC5(C)C)C[C@@H]4C)nnc3c2c1. The highest BCUT2D eigenvalue weighted by molar-refractivity contribution is 6.03. The highest BCUT2D eigenvalue weighted by Gasteiger charge is 2.40. The quantitative estimate of drug-likeness (QED) is 0.338. The van der Waals surface area contributed by atoms with Crippen LogP contribution in [0.5, 0.6) is 0 Å². The average Bonchev–Trinajstić information content (AvgIpc) is 3.05. The Morgan fingerprint density at radius 2 is 2.13 bits per heavy atom. The summed E-state index contributed by atoms with van der Waals surface area (Å²) in [5, 5.41) is 14.2. The molecule has 0 radical (unpaired) electrons. The number of aromatic amines is 1. The lowest BCUT2D eigenvalue weighted by molar-refractivity contribution is 0.149. The molecule has 1 aromatic carbocycles. The van der Waals surface area contributed by atoms with Gasteiger partial charge in [0.25, 0.3) is 5.95 Å². The zero-order valence-electron chi connectivity index (χ0n) is 18.2. The fourth-order valence-corrected chi connectivity index (χ4v) is 5.30. The van der Waals surface area contributed by atoms with E-state index in [2.05, 4.69) is 88.9 Å². The molecule has 2 aromatic heterocycles. The van der Waals surface area contributed by atoms with Gasteiger partial charge in [-0.3, -0.25) is 0 Å². The second kappa shape index (κ2) is 7.18. The summed E-state index contributed by atoms with van der Waals surface area (Å²) >= 11 is 0. The van der Waals surface area contributed by atoms with Crippen molar-refractivity contribution in [3.8, 4) is 0 Å². The molecule has 2 aliphatic rings. The first-order chi connectivity index (χ1) is 14.4. The molecule has 30 heavy (non-hydrogen) atoms. The van der Waals surface area contributed by atoms with Crippen LogP contribution in [0.25, 0.3) is 22.1 Å². The maximum atomic E-state index is 4.57. The number of hydrogen-bond donors (Lipinski definition) is 2. The van der Waals surface area contributed by atoms with Crippen molar-refractivity contribution in [2.24, 2.45) is 28.3 Å². The molecule has 0 saturated heterocycles. The summed E-state index contributed by atoms with van der Waals surface area (Å²) in [7, 11) is 0.